The van der Waals surface area contributed by atoms with Crippen LogP contribution in [0.3, 0.4) is 0 Å². The van der Waals surface area contributed by atoms with Crippen LogP contribution in [0.25, 0.3) is 11.4 Å². The Balaban J connectivity index is 1.62. The summed E-state index contributed by atoms with van der Waals surface area (Å²) in [5.74, 6) is -0.859. The summed E-state index contributed by atoms with van der Waals surface area (Å²) < 4.78 is 44.3. The molecule has 2 aliphatic rings. The van der Waals surface area contributed by atoms with Crippen LogP contribution in [0.2, 0.25) is 0 Å². The fourth-order valence-corrected chi connectivity index (χ4v) is 6.31. The summed E-state index contributed by atoms with van der Waals surface area (Å²) in [5.41, 5.74) is 4.75. The largest absolute Gasteiger partial charge is 0.482 e. The van der Waals surface area contributed by atoms with Gasteiger partial charge in [0.25, 0.3) is 15.8 Å². The standard InChI is InChI=1S/C28H43BN6O6S/c1-18(2)24(29-40-27(3,4)28(5,6)41-29)32-23(36)17-35-25(19-12-14-20(30)15-13-19)31-16-22(26(35)37)34-42(38,39)33-21-10-8-7-9-11-21/h12-16,18,21,24,33-34H,7-11,17,30H2,1-6H3,(H,32,36). The number of nitrogens with two attached hydrogens (primary N) is 1. The Morgan fingerprint density at radius 1 is 1.10 bits per heavy atom. The Kier molecular flexibility index (Phi) is 9.41. The molecule has 0 spiro atoms. The molecule has 2 fully saturated rings. The van der Waals surface area contributed by atoms with Crippen LogP contribution < -0.4 is 26.1 Å². The minimum Gasteiger partial charge on any atom is -0.402 e. The van der Waals surface area contributed by atoms with Gasteiger partial charge in [0.1, 0.15) is 18.1 Å². The predicted octanol–water partition coefficient (Wildman–Crippen LogP) is 2.84. The molecule has 1 amide bonds. The van der Waals surface area contributed by atoms with Gasteiger partial charge in [-0.15, -0.1) is 0 Å². The third kappa shape index (κ3) is 7.34. The fraction of sp³-hybridized carbons (Fsp3) is 0.607. The summed E-state index contributed by atoms with van der Waals surface area (Å²) in [4.78, 5) is 31.6. The van der Waals surface area contributed by atoms with E-state index in [0.29, 0.717) is 11.3 Å². The molecule has 5 N–H and O–H groups in total. The van der Waals surface area contributed by atoms with E-state index >= 15 is 0 Å². The molecule has 230 valence electrons. The molecule has 1 aliphatic heterocycles. The Hall–Kier alpha value is -2.94. The Morgan fingerprint density at radius 3 is 2.26 bits per heavy atom. The molecule has 1 saturated carbocycles. The van der Waals surface area contributed by atoms with Crippen molar-refractivity contribution < 1.29 is 22.5 Å². The smallest absolute Gasteiger partial charge is 0.402 e. The van der Waals surface area contributed by atoms with Gasteiger partial charge in [-0.05, 0) is 70.7 Å². The lowest BCUT2D eigenvalue weighted by Crippen LogP contribution is -2.52. The summed E-state index contributed by atoms with van der Waals surface area (Å²) in [5, 5.41) is 2.97. The van der Waals surface area contributed by atoms with Gasteiger partial charge in [-0.2, -0.15) is 13.1 Å². The van der Waals surface area contributed by atoms with Crippen molar-refractivity contribution in [3.05, 3.63) is 40.8 Å². The van der Waals surface area contributed by atoms with Gasteiger partial charge < -0.3 is 20.4 Å². The van der Waals surface area contributed by atoms with E-state index in [1.165, 1.54) is 6.20 Å². The average Bonchev–Trinajstić information content (AvgIpc) is 3.12. The molecule has 1 unspecified atom stereocenters. The van der Waals surface area contributed by atoms with Crippen molar-refractivity contribution in [1.29, 1.82) is 0 Å². The second kappa shape index (κ2) is 12.4. The number of hydrogen-bond donors (Lipinski definition) is 4. The van der Waals surface area contributed by atoms with Crippen LogP contribution in [-0.4, -0.2) is 54.2 Å². The fourth-order valence-electron chi connectivity index (χ4n) is 5.14. The highest BCUT2D eigenvalue weighted by molar-refractivity contribution is 7.90. The van der Waals surface area contributed by atoms with E-state index in [-0.39, 0.29) is 23.5 Å². The summed E-state index contributed by atoms with van der Waals surface area (Å²) in [6.45, 7) is 11.2. The molecule has 0 bridgehead atoms. The number of rotatable bonds is 10. The molecule has 1 saturated heterocycles. The maximum Gasteiger partial charge on any atom is 0.482 e. The lowest BCUT2D eigenvalue weighted by Gasteiger charge is -2.32. The highest BCUT2D eigenvalue weighted by Gasteiger charge is 2.54. The maximum absolute atomic E-state index is 13.7. The lowest BCUT2D eigenvalue weighted by atomic mass is 9.72. The van der Waals surface area contributed by atoms with Gasteiger partial charge in [0, 0.05) is 17.3 Å². The molecule has 4 rings (SSSR count). The highest BCUT2D eigenvalue weighted by Crippen LogP contribution is 2.38. The zero-order valence-corrected chi connectivity index (χ0v) is 26.1. The first kappa shape index (κ1) is 32.0. The second-order valence-corrected chi connectivity index (χ2v) is 14.0. The lowest BCUT2D eigenvalue weighted by molar-refractivity contribution is -0.122. The molecule has 1 aromatic heterocycles. The van der Waals surface area contributed by atoms with Crippen LogP contribution >= 0.6 is 0 Å². The molecule has 2 heterocycles. The molecular formula is C28H43BN6O6S. The predicted molar refractivity (Wildman–Crippen MR) is 164 cm³/mol. The Morgan fingerprint density at radius 2 is 1.69 bits per heavy atom. The first-order valence-electron chi connectivity index (χ1n) is 14.5. The minimum absolute atomic E-state index is 0.0564. The van der Waals surface area contributed by atoms with Crippen molar-refractivity contribution in [3.63, 3.8) is 0 Å². The number of carbonyl (C=O) groups is 1. The number of carbonyl (C=O) groups excluding carboxylic acids is 1. The summed E-state index contributed by atoms with van der Waals surface area (Å²) >= 11 is 0. The Labute approximate surface area is 248 Å². The van der Waals surface area contributed by atoms with Gasteiger partial charge in [0.15, 0.2) is 0 Å². The molecule has 42 heavy (non-hydrogen) atoms. The summed E-state index contributed by atoms with van der Waals surface area (Å²) in [6.07, 6.45) is 5.59. The van der Waals surface area contributed by atoms with Gasteiger partial charge in [0.2, 0.25) is 5.91 Å². The third-order valence-corrected chi connectivity index (χ3v) is 9.43. The quantitative estimate of drug-likeness (QED) is 0.238. The van der Waals surface area contributed by atoms with Gasteiger partial charge in [-0.25, -0.2) is 4.98 Å². The van der Waals surface area contributed by atoms with Crippen LogP contribution in [0.5, 0.6) is 0 Å². The maximum atomic E-state index is 13.7. The van der Waals surface area contributed by atoms with Crippen LogP contribution in [0, 0.1) is 5.92 Å². The number of benzene rings is 1. The molecule has 0 radical (unpaired) electrons. The normalized spacial score (nSPS) is 19.5. The average molecular weight is 603 g/mol. The van der Waals surface area contributed by atoms with Gasteiger partial charge in [0.05, 0.1) is 23.3 Å². The third-order valence-electron chi connectivity index (χ3n) is 8.30. The van der Waals surface area contributed by atoms with E-state index in [1.54, 1.807) is 24.3 Å². The first-order chi connectivity index (χ1) is 19.6. The van der Waals surface area contributed by atoms with Gasteiger partial charge >= 0.3 is 7.12 Å². The molecule has 1 aliphatic carbocycles. The molecule has 1 atom stereocenters. The zero-order chi connectivity index (χ0) is 30.9. The van der Waals surface area contributed by atoms with Gasteiger partial charge in [-0.3, -0.25) is 18.9 Å². The van der Waals surface area contributed by atoms with E-state index in [0.717, 1.165) is 36.7 Å². The van der Waals surface area contributed by atoms with Crippen LogP contribution in [-0.2, 0) is 30.9 Å². The van der Waals surface area contributed by atoms with Gasteiger partial charge in [-0.1, -0.05) is 33.1 Å². The number of hydrogen-bond acceptors (Lipinski definition) is 8. The van der Waals surface area contributed by atoms with E-state index in [9.17, 15) is 18.0 Å². The van der Waals surface area contributed by atoms with E-state index < -0.39 is 52.5 Å². The second-order valence-electron chi connectivity index (χ2n) is 12.5. The minimum atomic E-state index is -4.05. The van der Waals surface area contributed by atoms with Crippen molar-refractivity contribution in [3.8, 4) is 11.4 Å². The number of aromatic nitrogens is 2. The van der Waals surface area contributed by atoms with E-state index in [1.807, 2.05) is 41.5 Å². The van der Waals surface area contributed by atoms with Crippen LogP contribution in [0.4, 0.5) is 11.4 Å². The summed E-state index contributed by atoms with van der Waals surface area (Å²) in [7, 11) is -4.75. The van der Waals surface area contributed by atoms with Crippen molar-refractivity contribution in [2.24, 2.45) is 5.92 Å². The van der Waals surface area contributed by atoms with E-state index in [2.05, 4.69) is 19.7 Å². The van der Waals surface area contributed by atoms with Crippen molar-refractivity contribution in [1.82, 2.24) is 19.6 Å². The highest BCUT2D eigenvalue weighted by atomic mass is 32.2. The summed E-state index contributed by atoms with van der Waals surface area (Å²) in [6, 6.07) is 6.48. The SMILES string of the molecule is CC(C)C(NC(=O)Cn1c(-c2ccc(N)cc2)ncc(NS(=O)(=O)NC2CCCCC2)c1=O)B1OC(C)(C)C(C)(C)O1. The van der Waals surface area contributed by atoms with Crippen molar-refractivity contribution in [2.75, 3.05) is 10.5 Å². The molecular weight excluding hydrogens is 559 g/mol. The zero-order valence-electron chi connectivity index (χ0n) is 25.3. The van der Waals surface area contributed by atoms with E-state index in [4.69, 9.17) is 15.0 Å². The number of amides is 1. The molecule has 1 aromatic carbocycles. The number of nitrogens with one attached hydrogen (secondary N) is 3. The topological polar surface area (TPSA) is 167 Å². The van der Waals surface area contributed by atoms with Crippen LogP contribution in [0.15, 0.2) is 35.3 Å². The molecule has 2 aromatic rings. The molecule has 12 nitrogen and oxygen atoms in total. The van der Waals surface area contributed by atoms with Crippen molar-refractivity contribution >= 4 is 34.6 Å². The number of anilines is 2. The Bertz CT molecular complexity index is 1420. The van der Waals surface area contributed by atoms with Crippen LogP contribution in [0.1, 0.15) is 73.6 Å². The number of nitrogen functional groups attached to an aromatic ring is 1. The molecule has 14 heteroatoms. The monoisotopic (exact) mass is 602 g/mol. The number of nitrogens with zero attached hydrogens (tertiary/aromatic N) is 2. The van der Waals surface area contributed by atoms with Crippen molar-refractivity contribution in [2.45, 2.75) is 103 Å². The first-order valence-corrected chi connectivity index (χ1v) is 16.0.